The third-order valence-electron chi connectivity index (χ3n) is 5.09. The molecule has 0 aromatic heterocycles. The van der Waals surface area contributed by atoms with Crippen LogP contribution in [0.3, 0.4) is 0 Å². The van der Waals surface area contributed by atoms with Gasteiger partial charge in [0.25, 0.3) is 8.32 Å². The van der Waals surface area contributed by atoms with Crippen molar-refractivity contribution in [2.75, 3.05) is 0 Å². The Bertz CT molecular complexity index is 584. The van der Waals surface area contributed by atoms with Crippen molar-refractivity contribution in [3.63, 3.8) is 0 Å². The molecule has 0 spiro atoms. The third kappa shape index (κ3) is 3.02. The normalized spacial score (nSPS) is 21.7. The van der Waals surface area contributed by atoms with Crippen LogP contribution in [0.2, 0.25) is 5.04 Å². The summed E-state index contributed by atoms with van der Waals surface area (Å²) in [7, 11) is -2.31. The molecule has 2 aromatic rings. The zero-order chi connectivity index (χ0) is 16.5. The zero-order valence-electron chi connectivity index (χ0n) is 14.8. The quantitative estimate of drug-likeness (QED) is 0.759. The van der Waals surface area contributed by atoms with Gasteiger partial charge in [-0.25, -0.2) is 0 Å². The Morgan fingerprint density at radius 2 is 1.26 bits per heavy atom. The van der Waals surface area contributed by atoms with E-state index in [1.54, 1.807) is 0 Å². The molecule has 0 unspecified atom stereocenters. The molecule has 2 heteroatoms. The molecule has 0 radical (unpaired) electrons. The van der Waals surface area contributed by atoms with Crippen molar-refractivity contribution in [1.82, 2.24) is 0 Å². The molecule has 23 heavy (non-hydrogen) atoms. The summed E-state index contributed by atoms with van der Waals surface area (Å²) in [5.41, 5.74) is 0. The summed E-state index contributed by atoms with van der Waals surface area (Å²) in [5, 5.41) is 2.87. The maximum absolute atomic E-state index is 7.02. The van der Waals surface area contributed by atoms with Gasteiger partial charge in [0.05, 0.1) is 0 Å². The molecule has 1 saturated carbocycles. The predicted octanol–water partition coefficient (Wildman–Crippen LogP) is 4.36. The van der Waals surface area contributed by atoms with Gasteiger partial charge in [-0.05, 0) is 34.2 Å². The van der Waals surface area contributed by atoms with Crippen molar-refractivity contribution < 1.29 is 4.43 Å². The van der Waals surface area contributed by atoms with Crippen LogP contribution in [0.4, 0.5) is 0 Å². The van der Waals surface area contributed by atoms with E-state index in [4.69, 9.17) is 4.43 Å². The highest BCUT2D eigenvalue weighted by atomic mass is 28.4. The molecule has 0 N–H and O–H groups in total. The Morgan fingerprint density at radius 3 is 1.61 bits per heavy atom. The van der Waals surface area contributed by atoms with Gasteiger partial charge < -0.3 is 4.43 Å². The summed E-state index contributed by atoms with van der Waals surface area (Å²) in [6.07, 6.45) is 2.81. The lowest BCUT2D eigenvalue weighted by atomic mass is 9.84. The van der Waals surface area contributed by atoms with Crippen LogP contribution < -0.4 is 10.4 Å². The second-order valence-corrected chi connectivity index (χ2v) is 12.2. The topological polar surface area (TPSA) is 9.23 Å². The molecule has 0 amide bonds. The molecule has 1 nitrogen and oxygen atoms in total. The molecule has 2 aromatic carbocycles. The highest BCUT2D eigenvalue weighted by Gasteiger charge is 2.52. The van der Waals surface area contributed by atoms with Gasteiger partial charge in [0.2, 0.25) is 0 Å². The smallest absolute Gasteiger partial charge is 0.261 e. The first-order valence-corrected chi connectivity index (χ1v) is 10.6. The molecule has 0 heterocycles. The van der Waals surface area contributed by atoms with Crippen molar-refractivity contribution >= 4 is 18.7 Å². The SMILES string of the molecule is CC1CC(O[Si](c2ccccc2)(c2ccccc2)C(C)(C)C)C1. The Labute approximate surface area is 141 Å². The molecular weight excluding hydrogens is 296 g/mol. The van der Waals surface area contributed by atoms with Gasteiger partial charge in [0.1, 0.15) is 0 Å². The summed E-state index contributed by atoms with van der Waals surface area (Å²) in [4.78, 5) is 0. The van der Waals surface area contributed by atoms with Crippen LogP contribution in [0.15, 0.2) is 60.7 Å². The van der Waals surface area contributed by atoms with E-state index < -0.39 is 8.32 Å². The Kier molecular flexibility index (Phi) is 4.48. The van der Waals surface area contributed by atoms with Crippen molar-refractivity contribution in [3.05, 3.63) is 60.7 Å². The van der Waals surface area contributed by atoms with Gasteiger partial charge in [-0.1, -0.05) is 88.4 Å². The van der Waals surface area contributed by atoms with Gasteiger partial charge in [-0.2, -0.15) is 0 Å². The van der Waals surface area contributed by atoms with Gasteiger partial charge in [-0.15, -0.1) is 0 Å². The minimum atomic E-state index is -2.31. The summed E-state index contributed by atoms with van der Waals surface area (Å²) < 4.78 is 7.02. The van der Waals surface area contributed by atoms with Crippen LogP contribution in [0, 0.1) is 5.92 Å². The van der Waals surface area contributed by atoms with Crippen molar-refractivity contribution in [2.24, 2.45) is 5.92 Å². The molecule has 1 fully saturated rings. The monoisotopic (exact) mass is 324 g/mol. The van der Waals surface area contributed by atoms with E-state index in [2.05, 4.69) is 88.4 Å². The summed E-state index contributed by atoms with van der Waals surface area (Å²) >= 11 is 0. The lowest BCUT2D eigenvalue weighted by Gasteiger charge is -2.48. The average Bonchev–Trinajstić information content (AvgIpc) is 2.51. The number of benzene rings is 2. The molecule has 1 aliphatic rings. The highest BCUT2D eigenvalue weighted by molar-refractivity contribution is 6.99. The van der Waals surface area contributed by atoms with E-state index in [1.807, 2.05) is 0 Å². The minimum absolute atomic E-state index is 0.0918. The fourth-order valence-corrected chi connectivity index (χ4v) is 8.57. The first-order chi connectivity index (χ1) is 10.9. The maximum atomic E-state index is 7.02. The minimum Gasteiger partial charge on any atom is -0.404 e. The van der Waals surface area contributed by atoms with Gasteiger partial charge >= 0.3 is 0 Å². The van der Waals surface area contributed by atoms with Crippen LogP contribution in [0.5, 0.6) is 0 Å². The Morgan fingerprint density at radius 1 is 0.826 bits per heavy atom. The predicted molar refractivity (Wildman–Crippen MR) is 101 cm³/mol. The fraction of sp³-hybridized carbons (Fsp3) is 0.429. The van der Waals surface area contributed by atoms with Gasteiger partial charge in [-0.3, -0.25) is 0 Å². The lowest BCUT2D eigenvalue weighted by molar-refractivity contribution is 0.0647. The van der Waals surface area contributed by atoms with Crippen molar-refractivity contribution in [3.8, 4) is 0 Å². The van der Waals surface area contributed by atoms with E-state index >= 15 is 0 Å². The van der Waals surface area contributed by atoms with Crippen molar-refractivity contribution in [1.29, 1.82) is 0 Å². The van der Waals surface area contributed by atoms with E-state index in [1.165, 1.54) is 23.2 Å². The first-order valence-electron chi connectivity index (χ1n) is 8.72. The van der Waals surface area contributed by atoms with Crippen LogP contribution >= 0.6 is 0 Å². The number of rotatable bonds is 4. The maximum Gasteiger partial charge on any atom is 0.261 e. The van der Waals surface area contributed by atoms with Crippen molar-refractivity contribution in [2.45, 2.75) is 51.7 Å². The van der Waals surface area contributed by atoms with Gasteiger partial charge in [0.15, 0.2) is 0 Å². The summed E-state index contributed by atoms with van der Waals surface area (Å²) in [5.74, 6) is 0.804. The highest BCUT2D eigenvalue weighted by Crippen LogP contribution is 2.41. The molecule has 0 aliphatic heterocycles. The molecule has 1 aliphatic carbocycles. The van der Waals surface area contributed by atoms with E-state index in [0.717, 1.165) is 5.92 Å². The Hall–Kier alpha value is -1.38. The van der Waals surface area contributed by atoms with Crippen LogP contribution in [-0.2, 0) is 4.43 Å². The molecule has 0 atom stereocenters. The Balaban J connectivity index is 2.13. The average molecular weight is 325 g/mol. The molecule has 122 valence electrons. The van der Waals surface area contributed by atoms with E-state index in [-0.39, 0.29) is 5.04 Å². The first kappa shape index (κ1) is 16.5. The number of hydrogen-bond donors (Lipinski definition) is 0. The standard InChI is InChI=1S/C21H28OSi/c1-17-15-18(16-17)22-23(21(2,3)4,19-11-7-5-8-12-19)20-13-9-6-10-14-20/h5-14,17-18H,15-16H2,1-4H3. The molecule has 3 rings (SSSR count). The fourth-order valence-electron chi connectivity index (χ4n) is 3.87. The number of hydrogen-bond acceptors (Lipinski definition) is 1. The van der Waals surface area contributed by atoms with Gasteiger partial charge in [0, 0.05) is 6.10 Å². The zero-order valence-corrected chi connectivity index (χ0v) is 15.8. The molecular formula is C21H28OSi. The van der Waals surface area contributed by atoms with E-state index in [9.17, 15) is 0 Å². The van der Waals surface area contributed by atoms with Crippen LogP contribution in [0.25, 0.3) is 0 Å². The third-order valence-corrected chi connectivity index (χ3v) is 10.2. The second-order valence-electron chi connectivity index (χ2n) is 7.98. The second kappa shape index (κ2) is 6.25. The summed E-state index contributed by atoms with van der Waals surface area (Å²) in [6.45, 7) is 9.37. The largest absolute Gasteiger partial charge is 0.404 e. The molecule has 0 bridgehead atoms. The molecule has 0 saturated heterocycles. The summed E-state index contributed by atoms with van der Waals surface area (Å²) in [6, 6.07) is 21.9. The van der Waals surface area contributed by atoms with Crippen LogP contribution in [0.1, 0.15) is 40.5 Å². The van der Waals surface area contributed by atoms with Crippen LogP contribution in [-0.4, -0.2) is 14.4 Å². The lowest BCUT2D eigenvalue weighted by Crippen LogP contribution is -2.68. The van der Waals surface area contributed by atoms with E-state index in [0.29, 0.717) is 6.10 Å².